The summed E-state index contributed by atoms with van der Waals surface area (Å²) in [5.41, 5.74) is 10.4. The monoisotopic (exact) mass is 589 g/mol. The Morgan fingerprint density at radius 3 is 1.66 bits per heavy atom. The van der Waals surface area contributed by atoms with Gasteiger partial charge >= 0.3 is 0 Å². The number of hydrogen-bond donors (Lipinski definition) is 5. The lowest BCUT2D eigenvalue weighted by atomic mass is 9.89. The van der Waals surface area contributed by atoms with Crippen molar-refractivity contribution in [1.82, 2.24) is 15.5 Å². The van der Waals surface area contributed by atoms with Gasteiger partial charge in [-0.15, -0.1) is 0 Å². The number of hydrogen-bond acceptors (Lipinski definition) is 9. The van der Waals surface area contributed by atoms with Crippen molar-refractivity contribution in [3.63, 3.8) is 0 Å². The largest absolute Gasteiger partial charge is 0.400 e. The lowest BCUT2D eigenvalue weighted by Crippen LogP contribution is -2.42. The summed E-state index contributed by atoms with van der Waals surface area (Å²) in [7, 11) is 1.00. The Morgan fingerprint density at radius 2 is 1.20 bits per heavy atom. The number of nitrogens with one attached hydrogen (secondary N) is 2. The van der Waals surface area contributed by atoms with E-state index < -0.39 is 5.41 Å². The number of nitrogens with zero attached hydrogens (tertiary/aromatic N) is 1. The molecular weight excluding hydrogens is 526 g/mol. The number of carbonyl (C=O) groups is 3. The van der Waals surface area contributed by atoms with E-state index >= 15 is 0 Å². The molecule has 0 aromatic heterocycles. The van der Waals surface area contributed by atoms with Crippen molar-refractivity contribution in [3.05, 3.63) is 0 Å². The molecule has 244 valence electrons. The molecule has 0 spiro atoms. The third-order valence-electron chi connectivity index (χ3n) is 6.54. The van der Waals surface area contributed by atoms with Crippen LogP contribution in [0, 0.1) is 21.7 Å². The van der Waals surface area contributed by atoms with Crippen LogP contribution in [0.5, 0.6) is 0 Å². The molecule has 41 heavy (non-hydrogen) atoms. The summed E-state index contributed by atoms with van der Waals surface area (Å²) in [5, 5.41) is 13.0. The lowest BCUT2D eigenvalue weighted by Gasteiger charge is -2.28. The minimum absolute atomic E-state index is 0.00970. The minimum Gasteiger partial charge on any atom is -0.400 e. The molecule has 0 saturated carbocycles. The van der Waals surface area contributed by atoms with E-state index in [0.29, 0.717) is 78.7 Å². The third-order valence-corrected chi connectivity index (χ3v) is 6.54. The van der Waals surface area contributed by atoms with E-state index in [4.69, 9.17) is 26.0 Å². The quantitative estimate of drug-likeness (QED) is 0.0877. The molecule has 0 aromatic carbocycles. The fourth-order valence-corrected chi connectivity index (χ4v) is 3.59. The maximum Gasteiger partial charge on any atom is 0.227 e. The predicted octanol–water partition coefficient (Wildman–Crippen LogP) is 1.55. The van der Waals surface area contributed by atoms with Gasteiger partial charge in [0.1, 0.15) is 6.29 Å². The summed E-state index contributed by atoms with van der Waals surface area (Å²) < 4.78 is 11.6. The first-order chi connectivity index (χ1) is 19.0. The van der Waals surface area contributed by atoms with E-state index in [-0.39, 0.29) is 28.1 Å². The topological polar surface area (TPSA) is 169 Å². The smallest absolute Gasteiger partial charge is 0.227 e. The highest BCUT2D eigenvalue weighted by Gasteiger charge is 2.29. The molecule has 0 fully saturated rings. The molecule has 0 aliphatic rings. The fourth-order valence-electron chi connectivity index (χ4n) is 3.59. The van der Waals surface area contributed by atoms with E-state index in [1.54, 1.807) is 0 Å². The molecule has 0 saturated heterocycles. The number of aliphatic hydroxyl groups is 1. The number of aldehydes is 1. The molecule has 7 N–H and O–H groups in total. The molecule has 11 nitrogen and oxygen atoms in total. The SMILES string of the molecule is CC(C)(CN)COCC(C)(C)CC(=O)NCCCN(CC=O)CCCNC(=O)C(C)(C)COCC(C)(C)CN.CO. The highest BCUT2D eigenvalue weighted by molar-refractivity contribution is 5.81. The van der Waals surface area contributed by atoms with E-state index in [1.807, 2.05) is 46.4 Å². The van der Waals surface area contributed by atoms with Crippen LogP contribution in [0.25, 0.3) is 0 Å². The number of ether oxygens (including phenoxy) is 2. The molecule has 11 heteroatoms. The number of aliphatic hydroxyl groups excluding tert-OH is 1. The van der Waals surface area contributed by atoms with E-state index in [2.05, 4.69) is 24.5 Å². The Kier molecular flexibility index (Phi) is 21.4. The minimum atomic E-state index is -0.646. The summed E-state index contributed by atoms with van der Waals surface area (Å²) in [6, 6.07) is 0. The number of amides is 2. The van der Waals surface area contributed by atoms with Crippen molar-refractivity contribution in [2.75, 3.05) is 79.4 Å². The molecular formula is C30H63N5O6. The normalized spacial score (nSPS) is 12.5. The molecule has 2 amide bonds. The van der Waals surface area contributed by atoms with Gasteiger partial charge in [-0.3, -0.25) is 14.5 Å². The Bertz CT molecular complexity index is 728. The van der Waals surface area contributed by atoms with Crippen LogP contribution in [0.1, 0.15) is 74.7 Å². The van der Waals surface area contributed by atoms with Crippen LogP contribution in [0.15, 0.2) is 0 Å². The van der Waals surface area contributed by atoms with Crippen LogP contribution in [-0.4, -0.2) is 107 Å². The first-order valence-electron chi connectivity index (χ1n) is 14.7. The summed E-state index contributed by atoms with van der Waals surface area (Å²) in [6.07, 6.45) is 2.71. The second-order valence-corrected chi connectivity index (χ2v) is 13.7. The maximum atomic E-state index is 12.6. The lowest BCUT2D eigenvalue weighted by molar-refractivity contribution is -0.133. The van der Waals surface area contributed by atoms with Crippen LogP contribution in [0.3, 0.4) is 0 Å². The highest BCUT2D eigenvalue weighted by Crippen LogP contribution is 2.23. The van der Waals surface area contributed by atoms with Crippen molar-refractivity contribution in [2.45, 2.75) is 74.7 Å². The van der Waals surface area contributed by atoms with Gasteiger partial charge < -0.3 is 41.5 Å². The van der Waals surface area contributed by atoms with Crippen LogP contribution in [0.4, 0.5) is 0 Å². The van der Waals surface area contributed by atoms with Crippen LogP contribution in [0.2, 0.25) is 0 Å². The van der Waals surface area contributed by atoms with Gasteiger partial charge in [-0.05, 0) is 45.2 Å². The standard InChI is InChI=1S/C29H59N5O5.CH4O/c1-26(2,20-38-21-27(3,4)18-30)17-24(36)32-11-9-13-34(15-16-35)14-10-12-33-25(37)29(7,8)23-39-22-28(5,6)19-31;1-2/h16H,9-15,17-23,30-31H2,1-8H3,(H,32,36)(H,33,37);2H,1H3. The fraction of sp³-hybridized carbons (Fsp3) is 0.900. The number of carbonyl (C=O) groups excluding carboxylic acids is 3. The number of nitrogens with two attached hydrogens (primary N) is 2. The average Bonchev–Trinajstić information content (AvgIpc) is 2.89. The van der Waals surface area contributed by atoms with E-state index in [0.717, 1.165) is 26.2 Å². The Labute approximate surface area is 249 Å². The predicted molar refractivity (Wildman–Crippen MR) is 165 cm³/mol. The first-order valence-corrected chi connectivity index (χ1v) is 14.7. The van der Waals surface area contributed by atoms with E-state index in [1.165, 1.54) is 0 Å². The molecule has 0 rings (SSSR count). The molecule has 0 aliphatic carbocycles. The van der Waals surface area contributed by atoms with Gasteiger partial charge in [-0.2, -0.15) is 0 Å². The van der Waals surface area contributed by atoms with Crippen LogP contribution < -0.4 is 22.1 Å². The molecule has 0 aliphatic heterocycles. The molecule has 0 aromatic rings. The van der Waals surface area contributed by atoms with Gasteiger partial charge in [0, 0.05) is 50.5 Å². The van der Waals surface area contributed by atoms with Crippen molar-refractivity contribution in [1.29, 1.82) is 0 Å². The zero-order valence-electron chi connectivity index (χ0n) is 27.6. The van der Waals surface area contributed by atoms with Gasteiger partial charge in [0.2, 0.25) is 11.8 Å². The van der Waals surface area contributed by atoms with Gasteiger partial charge in [-0.1, -0.05) is 41.5 Å². The Hall–Kier alpha value is -1.63. The van der Waals surface area contributed by atoms with Crippen LogP contribution >= 0.6 is 0 Å². The molecule has 0 heterocycles. The zero-order chi connectivity index (χ0) is 32.2. The van der Waals surface area contributed by atoms with E-state index in [9.17, 15) is 14.4 Å². The molecule has 0 radical (unpaired) electrons. The average molecular weight is 590 g/mol. The molecule has 0 bridgehead atoms. The highest BCUT2D eigenvalue weighted by atomic mass is 16.5. The van der Waals surface area contributed by atoms with Gasteiger partial charge in [-0.25, -0.2) is 0 Å². The van der Waals surface area contributed by atoms with Crippen LogP contribution in [-0.2, 0) is 23.9 Å². The summed E-state index contributed by atoms with van der Waals surface area (Å²) in [6.45, 7) is 21.6. The summed E-state index contributed by atoms with van der Waals surface area (Å²) in [5.74, 6) is -0.0707. The van der Waals surface area contributed by atoms with Crippen molar-refractivity contribution >= 4 is 18.1 Å². The second-order valence-electron chi connectivity index (χ2n) is 13.7. The van der Waals surface area contributed by atoms with Crippen molar-refractivity contribution < 1.29 is 29.0 Å². The van der Waals surface area contributed by atoms with Crippen molar-refractivity contribution in [3.8, 4) is 0 Å². The van der Waals surface area contributed by atoms with Crippen molar-refractivity contribution in [2.24, 2.45) is 33.1 Å². The summed E-state index contributed by atoms with van der Waals surface area (Å²) in [4.78, 5) is 38.2. The zero-order valence-corrected chi connectivity index (χ0v) is 27.6. The number of rotatable bonds is 23. The second kappa shape index (κ2) is 21.1. The molecule has 0 atom stereocenters. The first kappa shape index (κ1) is 41.5. The third kappa shape index (κ3) is 21.7. The van der Waals surface area contributed by atoms with Gasteiger partial charge in [0.15, 0.2) is 0 Å². The molecule has 0 unspecified atom stereocenters. The summed E-state index contributed by atoms with van der Waals surface area (Å²) >= 11 is 0. The maximum absolute atomic E-state index is 12.6. The van der Waals surface area contributed by atoms with Gasteiger partial charge in [0.25, 0.3) is 0 Å². The Morgan fingerprint density at radius 1 is 0.756 bits per heavy atom. The Balaban J connectivity index is 0. The van der Waals surface area contributed by atoms with Gasteiger partial charge in [0.05, 0.1) is 38.4 Å².